The molecule has 1 aliphatic rings. The highest BCUT2D eigenvalue weighted by molar-refractivity contribution is 5.74. The number of carboxylic acid groups (broad SMARTS) is 1. The number of piperidine rings is 1. The highest BCUT2D eigenvalue weighted by Crippen LogP contribution is 2.34. The summed E-state index contributed by atoms with van der Waals surface area (Å²) in [6.45, 7) is 7.43. The molecule has 1 fully saturated rings. The van der Waals surface area contributed by atoms with E-state index < -0.39 is 11.4 Å². The van der Waals surface area contributed by atoms with Crippen LogP contribution in [0.4, 0.5) is 0 Å². The van der Waals surface area contributed by atoms with Crippen molar-refractivity contribution in [1.82, 2.24) is 14.7 Å². The molecular weight excluding hydrogens is 242 g/mol. The van der Waals surface area contributed by atoms with Crippen molar-refractivity contribution in [2.75, 3.05) is 19.6 Å². The first-order valence-electron chi connectivity index (χ1n) is 6.93. The van der Waals surface area contributed by atoms with E-state index in [4.69, 9.17) is 0 Å². The number of nitrogens with zero attached hydrogens (tertiary/aromatic N) is 3. The van der Waals surface area contributed by atoms with Gasteiger partial charge in [-0.3, -0.25) is 9.48 Å². The van der Waals surface area contributed by atoms with Crippen molar-refractivity contribution in [3.63, 3.8) is 0 Å². The topological polar surface area (TPSA) is 58.4 Å². The van der Waals surface area contributed by atoms with E-state index in [1.54, 1.807) is 6.20 Å². The van der Waals surface area contributed by atoms with Crippen LogP contribution in [0.15, 0.2) is 18.5 Å². The minimum absolute atomic E-state index is 0.233. The number of likely N-dealkylation sites (tertiary alicyclic amines) is 1. The van der Waals surface area contributed by atoms with Gasteiger partial charge < -0.3 is 10.0 Å². The maximum atomic E-state index is 11.3. The standard InChI is InChI=1S/C14H23N3O2/c1-14(2,13(18)19)12-5-3-7-16(11-12)9-10-17-8-4-6-15-17/h4,6,8,12H,3,5,7,9-11H2,1-2H3,(H,18,19). The first-order chi connectivity index (χ1) is 9.00. The number of rotatable bonds is 5. The van der Waals surface area contributed by atoms with Crippen molar-refractivity contribution in [3.05, 3.63) is 18.5 Å². The van der Waals surface area contributed by atoms with Gasteiger partial charge in [-0.2, -0.15) is 5.10 Å². The minimum Gasteiger partial charge on any atom is -0.481 e. The van der Waals surface area contributed by atoms with Crippen molar-refractivity contribution in [2.45, 2.75) is 33.2 Å². The third kappa shape index (κ3) is 3.35. The zero-order valence-electron chi connectivity index (χ0n) is 11.7. The second-order valence-corrected chi connectivity index (χ2v) is 5.94. The molecule has 1 unspecified atom stereocenters. The maximum absolute atomic E-state index is 11.3. The monoisotopic (exact) mass is 265 g/mol. The molecule has 0 amide bonds. The molecule has 1 aromatic heterocycles. The predicted octanol–water partition coefficient (Wildman–Crippen LogP) is 1.71. The van der Waals surface area contributed by atoms with Gasteiger partial charge in [0.2, 0.25) is 0 Å². The predicted molar refractivity (Wildman–Crippen MR) is 72.8 cm³/mol. The van der Waals surface area contributed by atoms with Gasteiger partial charge in [-0.05, 0) is 45.2 Å². The molecule has 1 saturated heterocycles. The summed E-state index contributed by atoms with van der Waals surface area (Å²) in [4.78, 5) is 13.7. The molecule has 1 aliphatic heterocycles. The van der Waals surface area contributed by atoms with Crippen LogP contribution < -0.4 is 0 Å². The largest absolute Gasteiger partial charge is 0.481 e. The molecule has 1 atom stereocenters. The Labute approximate surface area is 114 Å². The second-order valence-electron chi connectivity index (χ2n) is 5.94. The third-order valence-corrected chi connectivity index (χ3v) is 4.28. The Morgan fingerprint density at radius 1 is 1.47 bits per heavy atom. The number of hydrogen-bond acceptors (Lipinski definition) is 3. The zero-order chi connectivity index (χ0) is 13.9. The van der Waals surface area contributed by atoms with Crippen molar-refractivity contribution in [3.8, 4) is 0 Å². The molecule has 106 valence electrons. The van der Waals surface area contributed by atoms with Gasteiger partial charge >= 0.3 is 5.97 Å². The van der Waals surface area contributed by atoms with E-state index in [9.17, 15) is 9.90 Å². The molecule has 5 heteroatoms. The van der Waals surface area contributed by atoms with Gasteiger partial charge in [-0.15, -0.1) is 0 Å². The Kier molecular flexibility index (Phi) is 4.24. The van der Waals surface area contributed by atoms with E-state index in [-0.39, 0.29) is 5.92 Å². The average molecular weight is 265 g/mol. The van der Waals surface area contributed by atoms with E-state index in [0.717, 1.165) is 39.0 Å². The van der Waals surface area contributed by atoms with Gasteiger partial charge in [0.25, 0.3) is 0 Å². The van der Waals surface area contributed by atoms with Crippen LogP contribution in [0.1, 0.15) is 26.7 Å². The van der Waals surface area contributed by atoms with E-state index in [2.05, 4.69) is 10.00 Å². The van der Waals surface area contributed by atoms with Crippen LogP contribution in [0.5, 0.6) is 0 Å². The Morgan fingerprint density at radius 2 is 2.26 bits per heavy atom. The Balaban J connectivity index is 1.88. The van der Waals surface area contributed by atoms with Crippen LogP contribution in [0.2, 0.25) is 0 Å². The molecule has 19 heavy (non-hydrogen) atoms. The summed E-state index contributed by atoms with van der Waals surface area (Å²) in [7, 11) is 0. The van der Waals surface area contributed by atoms with Crippen LogP contribution in [0.3, 0.4) is 0 Å². The maximum Gasteiger partial charge on any atom is 0.309 e. The van der Waals surface area contributed by atoms with Crippen LogP contribution in [-0.2, 0) is 11.3 Å². The van der Waals surface area contributed by atoms with Crippen LogP contribution in [0.25, 0.3) is 0 Å². The SMILES string of the molecule is CC(C)(C(=O)O)C1CCCN(CCn2cccn2)C1. The molecule has 0 radical (unpaired) electrons. The lowest BCUT2D eigenvalue weighted by molar-refractivity contribution is -0.151. The molecule has 2 heterocycles. The van der Waals surface area contributed by atoms with Crippen LogP contribution >= 0.6 is 0 Å². The Morgan fingerprint density at radius 3 is 2.89 bits per heavy atom. The number of carboxylic acids is 1. The van der Waals surface area contributed by atoms with E-state index >= 15 is 0 Å². The fraction of sp³-hybridized carbons (Fsp3) is 0.714. The summed E-state index contributed by atoms with van der Waals surface area (Å²) in [6.07, 6.45) is 5.84. The number of hydrogen-bond donors (Lipinski definition) is 1. The fourth-order valence-electron chi connectivity index (χ4n) is 2.70. The Bertz CT molecular complexity index is 414. The number of aliphatic carboxylic acids is 1. The van der Waals surface area contributed by atoms with Gasteiger partial charge in [0, 0.05) is 25.5 Å². The van der Waals surface area contributed by atoms with Crippen molar-refractivity contribution >= 4 is 5.97 Å². The summed E-state index contributed by atoms with van der Waals surface area (Å²) in [5, 5.41) is 13.5. The molecule has 0 aliphatic carbocycles. The number of carbonyl (C=O) groups is 1. The van der Waals surface area contributed by atoms with Crippen LogP contribution in [0, 0.1) is 11.3 Å². The number of aromatic nitrogens is 2. The van der Waals surface area contributed by atoms with E-state index in [1.165, 1.54) is 0 Å². The molecule has 0 saturated carbocycles. The summed E-state index contributed by atoms with van der Waals surface area (Å²) < 4.78 is 1.92. The highest BCUT2D eigenvalue weighted by Gasteiger charge is 2.38. The van der Waals surface area contributed by atoms with E-state index in [0.29, 0.717) is 0 Å². The lowest BCUT2D eigenvalue weighted by atomic mass is 9.74. The lowest BCUT2D eigenvalue weighted by Crippen LogP contribution is -2.45. The summed E-state index contributed by atoms with van der Waals surface area (Å²) in [5.74, 6) is -0.456. The van der Waals surface area contributed by atoms with Gasteiger partial charge in [0.05, 0.1) is 12.0 Å². The Hall–Kier alpha value is -1.36. The molecule has 0 aromatic carbocycles. The summed E-state index contributed by atoms with van der Waals surface area (Å²) in [5.41, 5.74) is -0.635. The molecule has 0 spiro atoms. The lowest BCUT2D eigenvalue weighted by Gasteiger charge is -2.39. The van der Waals surface area contributed by atoms with Gasteiger partial charge in [0.15, 0.2) is 0 Å². The van der Waals surface area contributed by atoms with Gasteiger partial charge in [-0.25, -0.2) is 0 Å². The fourth-order valence-corrected chi connectivity index (χ4v) is 2.70. The molecule has 2 rings (SSSR count). The van der Waals surface area contributed by atoms with Crippen LogP contribution in [-0.4, -0.2) is 45.4 Å². The quantitative estimate of drug-likeness (QED) is 0.880. The molecule has 1 N–H and O–H groups in total. The first-order valence-corrected chi connectivity index (χ1v) is 6.93. The third-order valence-electron chi connectivity index (χ3n) is 4.28. The smallest absolute Gasteiger partial charge is 0.309 e. The van der Waals surface area contributed by atoms with Gasteiger partial charge in [-0.1, -0.05) is 0 Å². The first kappa shape index (κ1) is 14.1. The van der Waals surface area contributed by atoms with Crippen molar-refractivity contribution in [1.29, 1.82) is 0 Å². The molecular formula is C14H23N3O2. The zero-order valence-corrected chi connectivity index (χ0v) is 11.7. The molecule has 5 nitrogen and oxygen atoms in total. The molecule has 1 aromatic rings. The summed E-state index contributed by atoms with van der Waals surface area (Å²) in [6, 6.07) is 1.92. The normalized spacial score (nSPS) is 21.5. The van der Waals surface area contributed by atoms with Crippen molar-refractivity contribution in [2.24, 2.45) is 11.3 Å². The average Bonchev–Trinajstić information content (AvgIpc) is 2.89. The van der Waals surface area contributed by atoms with E-state index in [1.807, 2.05) is 30.8 Å². The minimum atomic E-state index is -0.688. The molecule has 0 bridgehead atoms. The van der Waals surface area contributed by atoms with Crippen molar-refractivity contribution < 1.29 is 9.90 Å². The second kappa shape index (κ2) is 5.74. The summed E-state index contributed by atoms with van der Waals surface area (Å²) >= 11 is 0. The van der Waals surface area contributed by atoms with Gasteiger partial charge in [0.1, 0.15) is 0 Å². The highest BCUT2D eigenvalue weighted by atomic mass is 16.4.